The molecule has 0 spiro atoms. The van der Waals surface area contributed by atoms with Crippen LogP contribution >= 0.6 is 0 Å². The van der Waals surface area contributed by atoms with Gasteiger partial charge in [0.15, 0.2) is 0 Å². The highest BCUT2D eigenvalue weighted by molar-refractivity contribution is 6.35. The average molecular weight is 711 g/mol. The molecule has 0 unspecified atom stereocenters. The van der Waals surface area contributed by atoms with Crippen molar-refractivity contribution < 1.29 is 0 Å². The first-order valence-electron chi connectivity index (χ1n) is 19.2. The number of nitrogens with zero attached hydrogens (tertiary/aromatic N) is 4. The van der Waals surface area contributed by atoms with Crippen LogP contribution in [0.3, 0.4) is 0 Å². The highest BCUT2D eigenvalue weighted by atomic mass is 15.0. The molecular weight excluding hydrogens is 681 g/mol. The van der Waals surface area contributed by atoms with E-state index in [2.05, 4.69) is 173 Å². The zero-order valence-electron chi connectivity index (χ0n) is 30.1. The van der Waals surface area contributed by atoms with E-state index in [1.54, 1.807) is 0 Å². The molecule has 13 aromatic rings. The van der Waals surface area contributed by atoms with Crippen molar-refractivity contribution in [2.45, 2.75) is 0 Å². The van der Waals surface area contributed by atoms with Crippen molar-refractivity contribution in [3.8, 4) is 28.2 Å². The maximum Gasteiger partial charge on any atom is 0.0973 e. The molecule has 56 heavy (non-hydrogen) atoms. The Morgan fingerprint density at radius 2 is 0.911 bits per heavy atom. The van der Waals surface area contributed by atoms with E-state index in [9.17, 15) is 0 Å². The monoisotopic (exact) mass is 710 g/mol. The van der Waals surface area contributed by atoms with Crippen molar-refractivity contribution in [2.24, 2.45) is 0 Å². The Kier molecular flexibility index (Phi) is 5.86. The second-order valence-corrected chi connectivity index (χ2v) is 15.0. The molecular formula is C52H30N4. The summed E-state index contributed by atoms with van der Waals surface area (Å²) in [5.74, 6) is 0. The van der Waals surface area contributed by atoms with Gasteiger partial charge in [-0.25, -0.2) is 9.97 Å². The van der Waals surface area contributed by atoms with Crippen LogP contribution in [0.5, 0.6) is 0 Å². The van der Waals surface area contributed by atoms with Gasteiger partial charge in [-0.1, -0.05) is 133 Å². The molecule has 0 saturated carbocycles. The lowest BCUT2D eigenvalue weighted by atomic mass is 10.00. The fourth-order valence-corrected chi connectivity index (χ4v) is 9.53. The Morgan fingerprint density at radius 3 is 1.70 bits per heavy atom. The maximum atomic E-state index is 5.28. The zero-order valence-corrected chi connectivity index (χ0v) is 30.1. The number of hydrogen-bond donors (Lipinski definition) is 0. The van der Waals surface area contributed by atoms with Crippen LogP contribution < -0.4 is 0 Å². The van der Waals surface area contributed by atoms with Crippen molar-refractivity contribution in [1.82, 2.24) is 18.9 Å². The Bertz CT molecular complexity index is 3760. The lowest BCUT2D eigenvalue weighted by Crippen LogP contribution is -1.98. The van der Waals surface area contributed by atoms with Gasteiger partial charge in [-0.3, -0.25) is 0 Å². The van der Waals surface area contributed by atoms with Crippen LogP contribution in [-0.4, -0.2) is 18.9 Å². The molecule has 0 amide bonds. The van der Waals surface area contributed by atoms with E-state index in [0.717, 1.165) is 39.2 Å². The van der Waals surface area contributed by atoms with Gasteiger partial charge in [0.1, 0.15) is 0 Å². The molecule has 0 radical (unpaired) electrons. The van der Waals surface area contributed by atoms with E-state index >= 15 is 0 Å². The zero-order chi connectivity index (χ0) is 36.5. The third-order valence-corrected chi connectivity index (χ3v) is 12.0. The topological polar surface area (TPSA) is 35.1 Å². The molecule has 0 aliphatic heterocycles. The average Bonchev–Trinajstić information content (AvgIpc) is 3.91. The third-order valence-electron chi connectivity index (χ3n) is 12.0. The first-order chi connectivity index (χ1) is 27.8. The number of benzene rings is 9. The standard InChI is InChI=1S/C52H30N4/c1-2-13-34-29-35(22-21-31(34)11-1)49-48(53-43-17-7-8-18-44(43)54-49)33-23-26-36(27-24-33)55-50-37-14-4-3-12-32(37)25-28-39(50)42-30-41-38-15-5-9-19-45(38)56-46-20-10-6-16-40(46)47(51(42)55)52(41)56/h1-30H. The summed E-state index contributed by atoms with van der Waals surface area (Å²) in [7, 11) is 0. The van der Waals surface area contributed by atoms with E-state index in [-0.39, 0.29) is 0 Å². The lowest BCUT2D eigenvalue weighted by molar-refractivity contribution is 1.19. The predicted octanol–water partition coefficient (Wildman–Crippen LogP) is 13.5. The summed E-state index contributed by atoms with van der Waals surface area (Å²) in [6.45, 7) is 0. The van der Waals surface area contributed by atoms with Crippen molar-refractivity contribution in [1.29, 1.82) is 0 Å². The van der Waals surface area contributed by atoms with Crippen molar-refractivity contribution in [3.63, 3.8) is 0 Å². The van der Waals surface area contributed by atoms with Crippen LogP contribution in [0.2, 0.25) is 0 Å². The van der Waals surface area contributed by atoms with E-state index in [0.29, 0.717) is 0 Å². The number of fused-ring (bicyclic) bond motifs is 14. The molecule has 4 heteroatoms. The quantitative estimate of drug-likeness (QED) is 0.183. The van der Waals surface area contributed by atoms with Gasteiger partial charge in [0.25, 0.3) is 0 Å². The first kappa shape index (κ1) is 29.8. The largest absolute Gasteiger partial charge is 0.308 e. The second-order valence-electron chi connectivity index (χ2n) is 15.0. The Hall–Kier alpha value is -7.56. The minimum atomic E-state index is 0.872. The summed E-state index contributed by atoms with van der Waals surface area (Å²) in [6, 6.07) is 65.8. The molecule has 0 N–H and O–H groups in total. The number of hydrogen-bond acceptors (Lipinski definition) is 2. The fraction of sp³-hybridized carbons (Fsp3) is 0. The molecule has 0 aliphatic rings. The van der Waals surface area contributed by atoms with Gasteiger partial charge in [-0.2, -0.15) is 0 Å². The molecule has 0 aliphatic carbocycles. The highest BCUT2D eigenvalue weighted by Crippen LogP contribution is 2.47. The van der Waals surface area contributed by atoms with Gasteiger partial charge < -0.3 is 8.97 Å². The van der Waals surface area contributed by atoms with Crippen LogP contribution in [0.25, 0.3) is 121 Å². The molecule has 0 atom stereocenters. The summed E-state index contributed by atoms with van der Waals surface area (Å²) in [5.41, 5.74) is 12.9. The Labute approximate surface area is 320 Å². The predicted molar refractivity (Wildman–Crippen MR) is 234 cm³/mol. The van der Waals surface area contributed by atoms with E-state index in [4.69, 9.17) is 9.97 Å². The normalized spacial score (nSPS) is 12.3. The second kappa shape index (κ2) is 11.0. The van der Waals surface area contributed by atoms with Gasteiger partial charge in [0, 0.05) is 54.5 Å². The first-order valence-corrected chi connectivity index (χ1v) is 19.2. The molecule has 0 bridgehead atoms. The number of aromatic nitrogens is 4. The highest BCUT2D eigenvalue weighted by Gasteiger charge is 2.25. The molecule has 13 rings (SSSR count). The third kappa shape index (κ3) is 3.97. The summed E-state index contributed by atoms with van der Waals surface area (Å²) in [5, 5.41) is 12.5. The smallest absolute Gasteiger partial charge is 0.0973 e. The van der Waals surface area contributed by atoms with Crippen LogP contribution in [0.15, 0.2) is 182 Å². The summed E-state index contributed by atoms with van der Waals surface area (Å²) >= 11 is 0. The van der Waals surface area contributed by atoms with Crippen LogP contribution in [0, 0.1) is 0 Å². The number of para-hydroxylation sites is 4. The van der Waals surface area contributed by atoms with Crippen molar-refractivity contribution in [2.75, 3.05) is 0 Å². The van der Waals surface area contributed by atoms with Gasteiger partial charge in [-0.05, 0) is 64.7 Å². The van der Waals surface area contributed by atoms with Gasteiger partial charge in [0.2, 0.25) is 0 Å². The Morgan fingerprint density at radius 1 is 0.339 bits per heavy atom. The molecule has 4 nitrogen and oxygen atoms in total. The molecule has 9 aromatic carbocycles. The van der Waals surface area contributed by atoms with Crippen molar-refractivity contribution >= 4 is 92.5 Å². The molecule has 4 aromatic heterocycles. The Balaban J connectivity index is 1.12. The van der Waals surface area contributed by atoms with E-state index in [1.165, 1.54) is 81.4 Å². The van der Waals surface area contributed by atoms with Gasteiger partial charge in [0.05, 0.1) is 50.0 Å². The minimum Gasteiger partial charge on any atom is -0.308 e. The summed E-state index contributed by atoms with van der Waals surface area (Å²) < 4.78 is 5.00. The van der Waals surface area contributed by atoms with Crippen LogP contribution in [0.4, 0.5) is 0 Å². The van der Waals surface area contributed by atoms with Crippen molar-refractivity contribution in [3.05, 3.63) is 182 Å². The lowest BCUT2D eigenvalue weighted by Gasteiger charge is -2.14. The molecule has 0 fully saturated rings. The van der Waals surface area contributed by atoms with Crippen LogP contribution in [0.1, 0.15) is 0 Å². The van der Waals surface area contributed by atoms with Gasteiger partial charge >= 0.3 is 0 Å². The van der Waals surface area contributed by atoms with Gasteiger partial charge in [-0.15, -0.1) is 0 Å². The minimum absolute atomic E-state index is 0.872. The SMILES string of the molecule is c1ccc2cc(-c3nc4ccccc4nc3-c3ccc(-n4c5c6ccccc6ccc5c5cc6c7ccccc7n7c8ccccc8c(c54)c67)cc3)ccc2c1. The summed E-state index contributed by atoms with van der Waals surface area (Å²) in [4.78, 5) is 10.5. The molecule has 258 valence electrons. The fourth-order valence-electron chi connectivity index (χ4n) is 9.53. The molecule has 0 saturated heterocycles. The van der Waals surface area contributed by atoms with Crippen LogP contribution in [-0.2, 0) is 0 Å². The number of rotatable bonds is 3. The molecule has 4 heterocycles. The maximum absolute atomic E-state index is 5.28. The summed E-state index contributed by atoms with van der Waals surface area (Å²) in [6.07, 6.45) is 0. The van der Waals surface area contributed by atoms with E-state index in [1.807, 2.05) is 18.2 Å². The van der Waals surface area contributed by atoms with E-state index < -0.39 is 0 Å².